The minimum atomic E-state index is -3.12. The highest BCUT2D eigenvalue weighted by Crippen LogP contribution is 2.52. The molecule has 2 atom stereocenters. The Morgan fingerprint density at radius 2 is 1.95 bits per heavy atom. The Hall–Kier alpha value is -2.60. The first kappa shape index (κ1) is 27.0. The first-order chi connectivity index (χ1) is 18.0. The molecular weight excluding hydrogens is 621 g/mol. The van der Waals surface area contributed by atoms with Gasteiger partial charge < -0.3 is 9.80 Å². The quantitative estimate of drug-likeness (QED) is 0.232. The molecule has 1 fully saturated rings. The van der Waals surface area contributed by atoms with E-state index in [0.29, 0.717) is 37.1 Å². The molecule has 200 valence electrons. The van der Waals surface area contributed by atoms with Crippen molar-refractivity contribution in [1.82, 2.24) is 19.6 Å². The predicted molar refractivity (Wildman–Crippen MR) is 152 cm³/mol. The summed E-state index contributed by atoms with van der Waals surface area (Å²) >= 11 is 3.92. The van der Waals surface area contributed by atoms with Gasteiger partial charge in [0.1, 0.15) is 11.7 Å². The van der Waals surface area contributed by atoms with Gasteiger partial charge in [-0.3, -0.25) is 14.3 Å². The monoisotopic (exact) mass is 650 g/mol. The number of likely N-dealkylation sites (N-methyl/N-ethyl adjacent to an activating group) is 1. The van der Waals surface area contributed by atoms with Crippen molar-refractivity contribution in [3.05, 3.63) is 73.8 Å². The Labute approximate surface area is 238 Å². The maximum absolute atomic E-state index is 15.7. The zero-order valence-electron chi connectivity index (χ0n) is 21.5. The van der Waals surface area contributed by atoms with Gasteiger partial charge in [0.05, 0.1) is 9.43 Å². The van der Waals surface area contributed by atoms with E-state index >= 15 is 8.78 Å². The van der Waals surface area contributed by atoms with Crippen LogP contribution >= 0.6 is 33.9 Å². The lowest BCUT2D eigenvalue weighted by Crippen LogP contribution is -2.37. The fraction of sp³-hybridized carbons (Fsp3) is 0.393. The molecule has 5 rings (SSSR count). The normalized spacial score (nSPS) is 18.2. The maximum atomic E-state index is 15.7. The molecule has 0 N–H and O–H groups in total. The van der Waals surface area contributed by atoms with Crippen molar-refractivity contribution in [3.63, 3.8) is 0 Å². The van der Waals surface area contributed by atoms with Gasteiger partial charge in [-0.2, -0.15) is 13.9 Å². The third-order valence-corrected chi connectivity index (χ3v) is 9.27. The minimum absolute atomic E-state index is 0.161. The average molecular weight is 651 g/mol. The number of hydrogen-bond acceptors (Lipinski definition) is 4. The van der Waals surface area contributed by atoms with Crippen LogP contribution in [0.4, 0.5) is 8.78 Å². The number of carbonyl (C=O) groups is 2. The number of carbonyl (C=O) groups excluding carboxylic acids is 2. The SMILES string of the molecule is C=CC(=O)N1Cc2sc(I)cc2[C@H](c2ccccc2-c2cn(C(C)C(=O)N(C)C)nc2C(F)(F)C2CC2)C1. The van der Waals surface area contributed by atoms with Crippen LogP contribution in [0.15, 0.2) is 49.2 Å². The van der Waals surface area contributed by atoms with Crippen LogP contribution < -0.4 is 0 Å². The maximum Gasteiger partial charge on any atom is 0.294 e. The van der Waals surface area contributed by atoms with Crippen LogP contribution in [0.2, 0.25) is 0 Å². The molecule has 1 aliphatic heterocycles. The van der Waals surface area contributed by atoms with E-state index < -0.39 is 17.9 Å². The Balaban J connectivity index is 1.67. The second-order valence-electron chi connectivity index (χ2n) is 10.2. The van der Waals surface area contributed by atoms with Gasteiger partial charge in [0.15, 0.2) is 0 Å². The van der Waals surface area contributed by atoms with Crippen LogP contribution in [-0.2, 0) is 22.1 Å². The minimum Gasteiger partial charge on any atom is -0.347 e. The number of hydrogen-bond donors (Lipinski definition) is 0. The number of rotatable bonds is 7. The highest BCUT2D eigenvalue weighted by Gasteiger charge is 2.51. The molecule has 2 aliphatic rings. The fourth-order valence-corrected chi connectivity index (χ4v) is 7.25. The molecule has 10 heteroatoms. The first-order valence-electron chi connectivity index (χ1n) is 12.5. The van der Waals surface area contributed by atoms with Gasteiger partial charge in [-0.25, -0.2) is 0 Å². The van der Waals surface area contributed by atoms with Crippen molar-refractivity contribution in [2.75, 3.05) is 20.6 Å². The Morgan fingerprint density at radius 1 is 1.24 bits per heavy atom. The summed E-state index contributed by atoms with van der Waals surface area (Å²) < 4.78 is 33.9. The highest BCUT2D eigenvalue weighted by molar-refractivity contribution is 14.1. The van der Waals surface area contributed by atoms with Crippen LogP contribution in [0.1, 0.15) is 53.4 Å². The van der Waals surface area contributed by atoms with Gasteiger partial charge in [0.2, 0.25) is 11.8 Å². The molecule has 2 amide bonds. The molecule has 38 heavy (non-hydrogen) atoms. The zero-order valence-corrected chi connectivity index (χ0v) is 24.4. The predicted octanol–water partition coefficient (Wildman–Crippen LogP) is 6.03. The number of nitrogens with zero attached hydrogens (tertiary/aromatic N) is 4. The molecule has 6 nitrogen and oxygen atoms in total. The Kier molecular flexibility index (Phi) is 7.23. The molecule has 1 unspecified atom stereocenters. The van der Waals surface area contributed by atoms with Crippen LogP contribution in [0.5, 0.6) is 0 Å². The van der Waals surface area contributed by atoms with Crippen molar-refractivity contribution in [3.8, 4) is 11.1 Å². The van der Waals surface area contributed by atoms with Crippen LogP contribution in [-0.4, -0.2) is 52.0 Å². The van der Waals surface area contributed by atoms with Crippen molar-refractivity contribution < 1.29 is 18.4 Å². The summed E-state index contributed by atoms with van der Waals surface area (Å²) in [4.78, 5) is 29.6. The zero-order chi connectivity index (χ0) is 27.4. The number of thiophene rings is 1. The second-order valence-corrected chi connectivity index (χ2v) is 13.2. The summed E-state index contributed by atoms with van der Waals surface area (Å²) in [5.74, 6) is -4.46. The lowest BCUT2D eigenvalue weighted by molar-refractivity contribution is -0.132. The van der Waals surface area contributed by atoms with Crippen molar-refractivity contribution in [2.45, 2.75) is 44.2 Å². The molecule has 1 aromatic carbocycles. The second kappa shape index (κ2) is 10.2. The van der Waals surface area contributed by atoms with E-state index in [2.05, 4.69) is 40.3 Å². The van der Waals surface area contributed by atoms with E-state index in [1.807, 2.05) is 24.3 Å². The molecule has 0 saturated heterocycles. The molecule has 0 radical (unpaired) electrons. The lowest BCUT2D eigenvalue weighted by Gasteiger charge is -2.33. The van der Waals surface area contributed by atoms with Crippen molar-refractivity contribution >= 4 is 45.7 Å². The number of alkyl halides is 2. The summed E-state index contributed by atoms with van der Waals surface area (Å²) in [5.41, 5.74) is 2.64. The molecule has 0 spiro atoms. The molecule has 3 heterocycles. The third kappa shape index (κ3) is 4.81. The summed E-state index contributed by atoms with van der Waals surface area (Å²) in [6.07, 6.45) is 3.80. The molecule has 0 bridgehead atoms. The number of halogens is 3. The fourth-order valence-electron chi connectivity index (χ4n) is 5.15. The molecule has 3 aromatic rings. The summed E-state index contributed by atoms with van der Waals surface area (Å²) in [5, 5.41) is 4.36. The van der Waals surface area contributed by atoms with Crippen molar-refractivity contribution in [1.29, 1.82) is 0 Å². The molecule has 2 aromatic heterocycles. The number of aromatic nitrogens is 2. The van der Waals surface area contributed by atoms with Crippen LogP contribution in [0, 0.1) is 8.80 Å². The van der Waals surface area contributed by atoms with Crippen molar-refractivity contribution in [2.24, 2.45) is 5.92 Å². The summed E-state index contributed by atoms with van der Waals surface area (Å²) in [7, 11) is 3.27. The van der Waals surface area contributed by atoms with E-state index in [0.717, 1.165) is 18.9 Å². The standard InChI is InChI=1S/C28H29F2IN4O2S/c1-5-25(36)34-13-21(20-12-24(31)38-23(20)15-34)18-8-6-7-9-19(18)22-14-35(16(2)27(37)33(3)4)32-26(22)28(29,30)17-10-11-17/h5-9,12,14,16-17,21H,1,10-11,13,15H2,2-4H3/t16?,21-/m0/s1. The topological polar surface area (TPSA) is 58.4 Å². The third-order valence-electron chi connectivity index (χ3n) is 7.37. The Bertz CT molecular complexity index is 1410. The first-order valence-corrected chi connectivity index (χ1v) is 14.4. The van der Waals surface area contributed by atoms with E-state index in [-0.39, 0.29) is 23.4 Å². The summed E-state index contributed by atoms with van der Waals surface area (Å²) in [6.45, 7) is 6.24. The number of amides is 2. The van der Waals surface area contributed by atoms with Crippen LogP contribution in [0.3, 0.4) is 0 Å². The van der Waals surface area contributed by atoms with E-state index in [1.165, 1.54) is 15.7 Å². The van der Waals surface area contributed by atoms with Gasteiger partial charge >= 0.3 is 0 Å². The van der Waals surface area contributed by atoms with Gasteiger partial charge in [-0.1, -0.05) is 30.8 Å². The smallest absolute Gasteiger partial charge is 0.294 e. The van der Waals surface area contributed by atoms with E-state index in [4.69, 9.17) is 0 Å². The van der Waals surface area contributed by atoms with Gasteiger partial charge in [-0.15, -0.1) is 11.3 Å². The van der Waals surface area contributed by atoms with E-state index in [9.17, 15) is 9.59 Å². The number of fused-ring (bicyclic) bond motifs is 1. The van der Waals surface area contributed by atoms with Crippen LogP contribution in [0.25, 0.3) is 11.1 Å². The van der Waals surface area contributed by atoms with Gasteiger partial charge in [0, 0.05) is 49.1 Å². The highest BCUT2D eigenvalue weighted by atomic mass is 127. The number of benzene rings is 1. The van der Waals surface area contributed by atoms with E-state index in [1.54, 1.807) is 43.5 Å². The molecule has 1 aliphatic carbocycles. The molecule has 1 saturated carbocycles. The molecular formula is C28H29F2IN4O2S. The lowest BCUT2D eigenvalue weighted by atomic mass is 9.83. The van der Waals surface area contributed by atoms with Gasteiger partial charge in [0.25, 0.3) is 5.92 Å². The van der Waals surface area contributed by atoms with Gasteiger partial charge in [-0.05, 0) is 71.2 Å². The summed E-state index contributed by atoms with van der Waals surface area (Å²) in [6, 6.07) is 8.90. The average Bonchev–Trinajstić information content (AvgIpc) is 3.56. The Morgan fingerprint density at radius 3 is 2.61 bits per heavy atom. The largest absolute Gasteiger partial charge is 0.347 e.